The van der Waals surface area contributed by atoms with Crippen LogP contribution in [0.5, 0.6) is 5.75 Å². The normalized spacial score (nSPS) is 30.4. The molecule has 1 spiro atoms. The molecule has 3 saturated heterocycles. The van der Waals surface area contributed by atoms with Gasteiger partial charge in [-0.2, -0.15) is 0 Å². The van der Waals surface area contributed by atoms with Gasteiger partial charge in [0, 0.05) is 31.4 Å². The van der Waals surface area contributed by atoms with E-state index in [4.69, 9.17) is 9.47 Å². The highest BCUT2D eigenvalue weighted by Gasteiger charge is 2.80. The summed E-state index contributed by atoms with van der Waals surface area (Å²) in [6, 6.07) is 6.17. The second-order valence-corrected chi connectivity index (χ2v) is 11.5. The van der Waals surface area contributed by atoms with Crippen molar-refractivity contribution in [2.24, 2.45) is 17.8 Å². The number of ether oxygens (including phenoxy) is 2. The number of aliphatic hydroxyl groups is 1. The SMILES string of the molecule is C=CCN(C(=O)[C@H]1[C@H]2C(=O)N(CCO)C(C(=O)N(CC=C)C(C)C)C23CC(C)[C@]1(C)O3)c1ccc(OCC)cc1. The minimum atomic E-state index is -1.18. The van der Waals surface area contributed by atoms with Crippen molar-refractivity contribution in [1.82, 2.24) is 9.80 Å². The molecule has 3 unspecified atom stereocenters. The Labute approximate surface area is 237 Å². The van der Waals surface area contributed by atoms with Crippen molar-refractivity contribution in [2.45, 2.75) is 64.3 Å². The van der Waals surface area contributed by atoms with Gasteiger partial charge in [0.2, 0.25) is 17.7 Å². The van der Waals surface area contributed by atoms with E-state index in [1.54, 1.807) is 22.0 Å². The topological polar surface area (TPSA) is 99.6 Å². The van der Waals surface area contributed by atoms with Crippen LogP contribution in [-0.2, 0) is 19.1 Å². The van der Waals surface area contributed by atoms with E-state index in [-0.39, 0.29) is 49.4 Å². The highest BCUT2D eigenvalue weighted by Crippen LogP contribution is 2.65. The number of carbonyl (C=O) groups is 3. The number of amides is 3. The molecule has 6 atom stereocenters. The van der Waals surface area contributed by atoms with Gasteiger partial charge in [0.1, 0.15) is 17.4 Å². The van der Waals surface area contributed by atoms with Gasteiger partial charge in [0.15, 0.2) is 0 Å². The largest absolute Gasteiger partial charge is 0.494 e. The predicted octanol–water partition coefficient (Wildman–Crippen LogP) is 3.03. The van der Waals surface area contributed by atoms with Crippen LogP contribution in [0.25, 0.3) is 0 Å². The van der Waals surface area contributed by atoms with Crippen molar-refractivity contribution in [2.75, 3.05) is 37.7 Å². The summed E-state index contributed by atoms with van der Waals surface area (Å²) in [6.45, 7) is 18.1. The molecule has 1 aromatic carbocycles. The van der Waals surface area contributed by atoms with Gasteiger partial charge in [0.05, 0.1) is 30.7 Å². The van der Waals surface area contributed by atoms with E-state index in [1.807, 2.05) is 58.9 Å². The average Bonchev–Trinajstić information content (AvgIpc) is 3.42. The summed E-state index contributed by atoms with van der Waals surface area (Å²) < 4.78 is 12.4. The summed E-state index contributed by atoms with van der Waals surface area (Å²) in [5.74, 6) is -1.89. The Morgan fingerprint density at radius 2 is 1.85 bits per heavy atom. The van der Waals surface area contributed by atoms with E-state index in [0.717, 1.165) is 0 Å². The maximum atomic E-state index is 14.5. The van der Waals surface area contributed by atoms with Crippen LogP contribution in [0.2, 0.25) is 0 Å². The fourth-order valence-electron chi connectivity index (χ4n) is 7.10. The Hall–Kier alpha value is -3.17. The quantitative estimate of drug-likeness (QED) is 0.400. The molecule has 9 heteroatoms. The van der Waals surface area contributed by atoms with Crippen LogP contribution < -0.4 is 9.64 Å². The molecule has 40 heavy (non-hydrogen) atoms. The number of likely N-dealkylation sites (tertiary alicyclic amines) is 1. The number of aliphatic hydroxyl groups excluding tert-OH is 1. The number of hydrogen-bond donors (Lipinski definition) is 1. The molecule has 0 saturated carbocycles. The van der Waals surface area contributed by atoms with Gasteiger partial charge in [0.25, 0.3) is 0 Å². The number of rotatable bonds is 12. The third-order valence-corrected chi connectivity index (χ3v) is 8.92. The lowest BCUT2D eigenvalue weighted by Gasteiger charge is -2.39. The molecule has 3 heterocycles. The second kappa shape index (κ2) is 11.4. The Morgan fingerprint density at radius 1 is 1.20 bits per heavy atom. The van der Waals surface area contributed by atoms with E-state index < -0.39 is 29.1 Å². The predicted molar refractivity (Wildman–Crippen MR) is 153 cm³/mol. The lowest BCUT2D eigenvalue weighted by molar-refractivity contribution is -0.153. The molecule has 218 valence electrons. The Balaban J connectivity index is 1.79. The third kappa shape index (κ3) is 4.53. The molecule has 0 radical (unpaired) electrons. The van der Waals surface area contributed by atoms with Crippen molar-refractivity contribution in [3.63, 3.8) is 0 Å². The molecule has 3 fully saturated rings. The molecule has 0 aromatic heterocycles. The fourth-order valence-corrected chi connectivity index (χ4v) is 7.10. The Morgan fingerprint density at radius 3 is 2.40 bits per heavy atom. The summed E-state index contributed by atoms with van der Waals surface area (Å²) in [5, 5.41) is 9.90. The van der Waals surface area contributed by atoms with Crippen LogP contribution in [-0.4, -0.2) is 88.8 Å². The summed E-state index contributed by atoms with van der Waals surface area (Å²) >= 11 is 0. The number of nitrogens with zero attached hydrogens (tertiary/aromatic N) is 3. The van der Waals surface area contributed by atoms with E-state index in [2.05, 4.69) is 13.2 Å². The summed E-state index contributed by atoms with van der Waals surface area (Å²) in [5.41, 5.74) is -1.47. The highest BCUT2D eigenvalue weighted by molar-refractivity contribution is 6.03. The van der Waals surface area contributed by atoms with Crippen LogP contribution >= 0.6 is 0 Å². The molecule has 1 N–H and O–H groups in total. The molecule has 0 aliphatic carbocycles. The van der Waals surface area contributed by atoms with Gasteiger partial charge in [-0.25, -0.2) is 0 Å². The first-order chi connectivity index (χ1) is 19.0. The molecule has 3 aliphatic heterocycles. The van der Waals surface area contributed by atoms with Gasteiger partial charge in [-0.3, -0.25) is 14.4 Å². The summed E-state index contributed by atoms with van der Waals surface area (Å²) in [7, 11) is 0. The first-order valence-electron chi connectivity index (χ1n) is 14.2. The maximum absolute atomic E-state index is 14.5. The number of fused-ring (bicyclic) bond motifs is 1. The van der Waals surface area contributed by atoms with Crippen LogP contribution in [0.1, 0.15) is 41.0 Å². The molecular formula is C31H43N3O6. The first kappa shape index (κ1) is 29.8. The third-order valence-electron chi connectivity index (χ3n) is 8.92. The van der Waals surface area contributed by atoms with Crippen molar-refractivity contribution in [3.8, 4) is 5.75 Å². The smallest absolute Gasteiger partial charge is 0.248 e. The Bertz CT molecular complexity index is 1150. The number of anilines is 1. The van der Waals surface area contributed by atoms with Crippen LogP contribution in [0.15, 0.2) is 49.6 Å². The lowest BCUT2D eigenvalue weighted by atomic mass is 9.62. The van der Waals surface area contributed by atoms with E-state index in [9.17, 15) is 19.5 Å². The molecule has 3 amide bonds. The molecule has 3 aliphatic rings. The first-order valence-corrected chi connectivity index (χ1v) is 14.2. The van der Waals surface area contributed by atoms with Crippen LogP contribution in [0, 0.1) is 17.8 Å². The fraction of sp³-hybridized carbons (Fsp3) is 0.581. The van der Waals surface area contributed by atoms with E-state index in [0.29, 0.717) is 31.0 Å². The Kier molecular flexibility index (Phi) is 8.47. The average molecular weight is 554 g/mol. The lowest BCUT2D eigenvalue weighted by Crippen LogP contribution is -2.58. The van der Waals surface area contributed by atoms with Crippen LogP contribution in [0.4, 0.5) is 5.69 Å². The maximum Gasteiger partial charge on any atom is 0.248 e. The molecule has 1 aromatic rings. The molecule has 9 nitrogen and oxygen atoms in total. The second-order valence-electron chi connectivity index (χ2n) is 11.5. The number of β-amino-alcohol motifs (C(OH)–C–C–N with tert-alkyl or cyclic N) is 1. The number of benzene rings is 1. The van der Waals surface area contributed by atoms with Crippen LogP contribution in [0.3, 0.4) is 0 Å². The van der Waals surface area contributed by atoms with Crippen molar-refractivity contribution >= 4 is 23.4 Å². The standard InChI is InChI=1S/C31H43N3O6/c1-8-15-32(20(4)5)29(38)26-31-19-21(6)30(7,40-31)24(25(31)28(37)34(26)17-18-35)27(36)33(16-9-2)22-11-13-23(14-12-22)39-10-3/h8-9,11-14,20-21,24-26,35H,1-2,10,15-19H2,3-7H3/t21?,24-,25+,26?,30+,31?/m1/s1. The molecular weight excluding hydrogens is 510 g/mol. The zero-order valence-electron chi connectivity index (χ0n) is 24.3. The summed E-state index contributed by atoms with van der Waals surface area (Å²) in [4.78, 5) is 47.6. The van der Waals surface area contributed by atoms with Gasteiger partial charge >= 0.3 is 0 Å². The zero-order chi connectivity index (χ0) is 29.4. The zero-order valence-corrected chi connectivity index (χ0v) is 24.3. The summed E-state index contributed by atoms with van der Waals surface area (Å²) in [6.07, 6.45) is 3.78. The van der Waals surface area contributed by atoms with Crippen molar-refractivity contribution < 1.29 is 29.0 Å². The van der Waals surface area contributed by atoms with Crippen molar-refractivity contribution in [1.29, 1.82) is 0 Å². The highest BCUT2D eigenvalue weighted by atomic mass is 16.5. The van der Waals surface area contributed by atoms with Gasteiger partial charge in [-0.1, -0.05) is 19.1 Å². The van der Waals surface area contributed by atoms with Crippen molar-refractivity contribution in [3.05, 3.63) is 49.6 Å². The van der Waals surface area contributed by atoms with E-state index >= 15 is 0 Å². The molecule has 4 rings (SSSR count). The van der Waals surface area contributed by atoms with Gasteiger partial charge < -0.3 is 29.3 Å². The minimum Gasteiger partial charge on any atom is -0.494 e. The molecule has 2 bridgehead atoms. The number of carbonyl (C=O) groups excluding carboxylic acids is 3. The minimum absolute atomic E-state index is 0.0157. The van der Waals surface area contributed by atoms with Gasteiger partial charge in [-0.05, 0) is 64.3 Å². The monoisotopic (exact) mass is 553 g/mol. The van der Waals surface area contributed by atoms with Gasteiger partial charge in [-0.15, -0.1) is 13.2 Å². The number of hydrogen-bond acceptors (Lipinski definition) is 6. The van der Waals surface area contributed by atoms with E-state index in [1.165, 1.54) is 4.90 Å².